The van der Waals surface area contributed by atoms with Crippen LogP contribution in [0.15, 0.2) is 49.1 Å². The van der Waals surface area contributed by atoms with E-state index in [1.807, 2.05) is 35.9 Å². The zero-order valence-corrected chi connectivity index (χ0v) is 18.2. The van der Waals surface area contributed by atoms with Crippen LogP contribution in [0, 0.1) is 5.82 Å². The van der Waals surface area contributed by atoms with Crippen LogP contribution in [0.4, 0.5) is 4.39 Å². The summed E-state index contributed by atoms with van der Waals surface area (Å²) in [5, 5.41) is 1.26. The highest BCUT2D eigenvalue weighted by Gasteiger charge is 2.20. The molecule has 1 aliphatic heterocycles. The van der Waals surface area contributed by atoms with Crippen molar-refractivity contribution < 1.29 is 13.9 Å². The molecule has 5 rings (SSSR count). The number of halogens is 2. The second-order valence-corrected chi connectivity index (χ2v) is 7.94. The lowest BCUT2D eigenvalue weighted by atomic mass is 10.1. The van der Waals surface area contributed by atoms with Gasteiger partial charge in [0, 0.05) is 60.4 Å². The van der Waals surface area contributed by atoms with E-state index in [2.05, 4.69) is 19.9 Å². The Morgan fingerprint density at radius 3 is 2.81 bits per heavy atom. The Hall–Kier alpha value is -3.23. The lowest BCUT2D eigenvalue weighted by Crippen LogP contribution is -2.25. The van der Waals surface area contributed by atoms with Crippen LogP contribution in [-0.2, 0) is 13.1 Å². The molecule has 0 radical (unpaired) electrons. The molecule has 0 bridgehead atoms. The Balaban J connectivity index is 1.43. The Morgan fingerprint density at radius 2 is 2.00 bits per heavy atom. The number of hydrogen-bond donors (Lipinski definition) is 0. The van der Waals surface area contributed by atoms with Gasteiger partial charge in [-0.2, -0.15) is 0 Å². The van der Waals surface area contributed by atoms with Crippen molar-refractivity contribution in [3.63, 3.8) is 0 Å². The summed E-state index contributed by atoms with van der Waals surface area (Å²) in [6.07, 6.45) is 6.64. The quantitative estimate of drug-likeness (QED) is 0.446. The van der Waals surface area contributed by atoms with E-state index in [1.165, 1.54) is 12.3 Å². The first kappa shape index (κ1) is 20.7. The Labute approximate surface area is 189 Å². The molecule has 0 N–H and O–H groups in total. The van der Waals surface area contributed by atoms with Gasteiger partial charge in [0.25, 0.3) is 0 Å². The molecule has 4 heterocycles. The highest BCUT2D eigenvalue weighted by atomic mass is 35.5. The molecule has 0 saturated heterocycles. The molecule has 0 unspecified atom stereocenters. The average molecular weight is 454 g/mol. The van der Waals surface area contributed by atoms with Crippen LogP contribution in [0.3, 0.4) is 0 Å². The highest BCUT2D eigenvalue weighted by molar-refractivity contribution is 6.32. The predicted octanol–water partition coefficient (Wildman–Crippen LogP) is 4.40. The number of ether oxygens (including phenoxy) is 2. The fourth-order valence-electron chi connectivity index (χ4n) is 3.88. The molecular formula is C23H21ClFN5O2. The number of pyridine rings is 1. The van der Waals surface area contributed by atoms with Crippen LogP contribution < -0.4 is 9.47 Å². The van der Waals surface area contributed by atoms with E-state index in [0.717, 1.165) is 28.7 Å². The Kier molecular flexibility index (Phi) is 5.63. The molecule has 0 aliphatic carbocycles. The SMILES string of the molecule is CCOc1ncc(CN2CCOc3c(Cl)cc(-n4ccc5cc(F)cnc54)cc3C2)cn1. The topological polar surface area (TPSA) is 65.3 Å². The van der Waals surface area contributed by atoms with Gasteiger partial charge in [-0.3, -0.25) is 4.90 Å². The fraction of sp³-hybridized carbons (Fsp3) is 0.261. The summed E-state index contributed by atoms with van der Waals surface area (Å²) in [6.45, 7) is 5.01. The molecule has 1 aromatic carbocycles. The van der Waals surface area contributed by atoms with Crippen LogP contribution in [-0.4, -0.2) is 44.2 Å². The summed E-state index contributed by atoms with van der Waals surface area (Å²) in [5.74, 6) is 0.328. The second kappa shape index (κ2) is 8.72. The van der Waals surface area contributed by atoms with E-state index in [9.17, 15) is 4.39 Å². The predicted molar refractivity (Wildman–Crippen MR) is 119 cm³/mol. The van der Waals surface area contributed by atoms with Crippen LogP contribution >= 0.6 is 11.6 Å². The third kappa shape index (κ3) is 4.11. The zero-order valence-electron chi connectivity index (χ0n) is 17.5. The standard InChI is InChI=1S/C23H21ClFN5O2/c1-2-31-23-27-10-15(11-28-23)13-29-5-6-32-21-17(14-29)8-19(9-20(21)24)30-4-3-16-7-18(25)12-26-22(16)30/h3-4,7-12H,2,5-6,13-14H2,1H3. The maximum Gasteiger partial charge on any atom is 0.316 e. The fourth-order valence-corrected chi connectivity index (χ4v) is 4.16. The Morgan fingerprint density at radius 1 is 1.16 bits per heavy atom. The zero-order chi connectivity index (χ0) is 22.1. The largest absolute Gasteiger partial charge is 0.490 e. The summed E-state index contributed by atoms with van der Waals surface area (Å²) >= 11 is 6.60. The van der Waals surface area contributed by atoms with Gasteiger partial charge in [-0.15, -0.1) is 0 Å². The van der Waals surface area contributed by atoms with Crippen molar-refractivity contribution in [2.24, 2.45) is 0 Å². The molecule has 9 heteroatoms. The summed E-state index contributed by atoms with van der Waals surface area (Å²) in [5.41, 5.74) is 3.47. The number of fused-ring (bicyclic) bond motifs is 2. The van der Waals surface area contributed by atoms with Crippen LogP contribution in [0.5, 0.6) is 11.8 Å². The number of hydrogen-bond acceptors (Lipinski definition) is 6. The van der Waals surface area contributed by atoms with Gasteiger partial charge >= 0.3 is 6.01 Å². The second-order valence-electron chi connectivity index (χ2n) is 7.53. The van der Waals surface area contributed by atoms with Crippen molar-refractivity contribution in [1.82, 2.24) is 24.4 Å². The first-order valence-corrected chi connectivity index (χ1v) is 10.7. The lowest BCUT2D eigenvalue weighted by molar-refractivity contribution is 0.219. The number of aromatic nitrogens is 4. The van der Waals surface area contributed by atoms with Crippen molar-refractivity contribution in [2.45, 2.75) is 20.0 Å². The molecule has 4 aromatic rings. The smallest absolute Gasteiger partial charge is 0.316 e. The molecule has 0 saturated carbocycles. The molecule has 164 valence electrons. The van der Waals surface area contributed by atoms with E-state index in [1.54, 1.807) is 12.4 Å². The van der Waals surface area contributed by atoms with E-state index in [-0.39, 0.29) is 5.82 Å². The van der Waals surface area contributed by atoms with E-state index in [4.69, 9.17) is 21.1 Å². The number of nitrogens with zero attached hydrogens (tertiary/aromatic N) is 5. The van der Waals surface area contributed by atoms with Crippen LogP contribution in [0.25, 0.3) is 16.7 Å². The minimum Gasteiger partial charge on any atom is -0.490 e. The third-order valence-corrected chi connectivity index (χ3v) is 5.57. The lowest BCUT2D eigenvalue weighted by Gasteiger charge is -2.19. The normalized spacial score (nSPS) is 14.1. The van der Waals surface area contributed by atoms with Gasteiger partial charge in [0.1, 0.15) is 23.8 Å². The maximum atomic E-state index is 13.5. The molecule has 32 heavy (non-hydrogen) atoms. The summed E-state index contributed by atoms with van der Waals surface area (Å²) in [7, 11) is 0. The van der Waals surface area contributed by atoms with Crippen molar-refractivity contribution in [3.05, 3.63) is 71.0 Å². The van der Waals surface area contributed by atoms with Gasteiger partial charge in [0.05, 0.1) is 17.8 Å². The first-order chi connectivity index (χ1) is 15.6. The summed E-state index contributed by atoms with van der Waals surface area (Å²) in [4.78, 5) is 15.0. The van der Waals surface area contributed by atoms with E-state index in [0.29, 0.717) is 48.7 Å². The molecule has 7 nitrogen and oxygen atoms in total. The molecule has 3 aromatic heterocycles. The summed E-state index contributed by atoms with van der Waals surface area (Å²) < 4.78 is 26.7. The van der Waals surface area contributed by atoms with Crippen LogP contribution in [0.1, 0.15) is 18.1 Å². The minimum absolute atomic E-state index is 0.363. The van der Waals surface area contributed by atoms with Crippen molar-refractivity contribution in [1.29, 1.82) is 0 Å². The summed E-state index contributed by atoms with van der Waals surface area (Å²) in [6, 6.07) is 7.57. The maximum absolute atomic E-state index is 13.5. The van der Waals surface area contributed by atoms with Gasteiger partial charge in [-0.05, 0) is 31.2 Å². The molecule has 0 spiro atoms. The number of benzene rings is 1. The molecule has 0 atom stereocenters. The van der Waals surface area contributed by atoms with Gasteiger partial charge in [0.2, 0.25) is 0 Å². The van der Waals surface area contributed by atoms with E-state index < -0.39 is 0 Å². The average Bonchev–Trinajstić information content (AvgIpc) is 3.08. The third-order valence-electron chi connectivity index (χ3n) is 5.29. The molecular weight excluding hydrogens is 433 g/mol. The van der Waals surface area contributed by atoms with Crippen molar-refractivity contribution in [3.8, 4) is 17.4 Å². The van der Waals surface area contributed by atoms with Crippen molar-refractivity contribution in [2.75, 3.05) is 19.8 Å². The Bertz CT molecular complexity index is 1260. The molecule has 0 amide bonds. The monoisotopic (exact) mass is 453 g/mol. The molecule has 1 aliphatic rings. The van der Waals surface area contributed by atoms with Gasteiger partial charge < -0.3 is 14.0 Å². The van der Waals surface area contributed by atoms with Gasteiger partial charge in [-0.1, -0.05) is 11.6 Å². The van der Waals surface area contributed by atoms with Gasteiger partial charge in [0.15, 0.2) is 0 Å². The molecule has 0 fully saturated rings. The van der Waals surface area contributed by atoms with Gasteiger partial charge in [-0.25, -0.2) is 19.3 Å². The van der Waals surface area contributed by atoms with Crippen LogP contribution in [0.2, 0.25) is 5.02 Å². The first-order valence-electron chi connectivity index (χ1n) is 10.3. The minimum atomic E-state index is -0.363. The van der Waals surface area contributed by atoms with E-state index >= 15 is 0 Å². The highest BCUT2D eigenvalue weighted by Crippen LogP contribution is 2.35. The van der Waals surface area contributed by atoms with Crippen molar-refractivity contribution >= 4 is 22.6 Å². The number of rotatable bonds is 5.